The molecule has 0 bridgehead atoms. The van der Waals surface area contributed by atoms with Crippen LogP contribution in [0.5, 0.6) is 5.75 Å². The van der Waals surface area contributed by atoms with Crippen LogP contribution in [-0.2, 0) is 14.8 Å². The van der Waals surface area contributed by atoms with Gasteiger partial charge in [-0.2, -0.15) is 0 Å². The van der Waals surface area contributed by atoms with Crippen molar-refractivity contribution in [3.05, 3.63) is 24.3 Å². The molecule has 0 radical (unpaired) electrons. The number of anilines is 1. The number of sulfonamides is 1. The van der Waals surface area contributed by atoms with Gasteiger partial charge in [0.25, 0.3) is 0 Å². The van der Waals surface area contributed by atoms with E-state index in [1.165, 1.54) is 0 Å². The molecule has 0 aliphatic carbocycles. The Balaban J connectivity index is 2.64. The van der Waals surface area contributed by atoms with E-state index in [0.29, 0.717) is 24.7 Å². The van der Waals surface area contributed by atoms with Crippen molar-refractivity contribution in [1.29, 1.82) is 0 Å². The van der Waals surface area contributed by atoms with Gasteiger partial charge in [-0.1, -0.05) is 6.07 Å². The van der Waals surface area contributed by atoms with Crippen molar-refractivity contribution < 1.29 is 17.9 Å². The molecule has 7 heteroatoms. The Kier molecular flexibility index (Phi) is 5.90. The van der Waals surface area contributed by atoms with E-state index in [4.69, 9.17) is 15.2 Å². The molecule has 0 atom stereocenters. The molecular weight excluding hydrogens is 256 g/mol. The first kappa shape index (κ1) is 14.7. The Morgan fingerprint density at radius 2 is 2.11 bits per heavy atom. The zero-order chi connectivity index (χ0) is 13.4. The molecule has 0 spiro atoms. The van der Waals surface area contributed by atoms with Crippen LogP contribution in [0.2, 0.25) is 0 Å². The monoisotopic (exact) mass is 274 g/mol. The summed E-state index contributed by atoms with van der Waals surface area (Å²) in [7, 11) is -1.80. The van der Waals surface area contributed by atoms with Gasteiger partial charge in [0.2, 0.25) is 10.0 Å². The average Bonchev–Trinajstić information content (AvgIpc) is 2.29. The molecule has 0 amide bonds. The minimum absolute atomic E-state index is 0.0827. The minimum atomic E-state index is -3.38. The minimum Gasteiger partial charge on any atom is -0.491 e. The highest BCUT2D eigenvalue weighted by Gasteiger charge is 2.09. The highest BCUT2D eigenvalue weighted by Crippen LogP contribution is 2.18. The fourth-order valence-electron chi connectivity index (χ4n) is 1.28. The molecule has 0 aliphatic heterocycles. The first-order valence-corrected chi connectivity index (χ1v) is 7.15. The van der Waals surface area contributed by atoms with Gasteiger partial charge < -0.3 is 15.2 Å². The molecule has 1 aromatic rings. The summed E-state index contributed by atoms with van der Waals surface area (Å²) in [6, 6.07) is 6.72. The fourth-order valence-corrected chi connectivity index (χ4v) is 2.18. The smallest absolute Gasteiger partial charge is 0.233 e. The lowest BCUT2D eigenvalue weighted by atomic mass is 10.3. The Labute approximate surface area is 107 Å². The number of benzene rings is 1. The molecule has 6 nitrogen and oxygen atoms in total. The Bertz CT molecular complexity index is 462. The average molecular weight is 274 g/mol. The van der Waals surface area contributed by atoms with Gasteiger partial charge in [0, 0.05) is 19.7 Å². The first-order valence-electron chi connectivity index (χ1n) is 5.50. The highest BCUT2D eigenvalue weighted by molar-refractivity contribution is 7.92. The van der Waals surface area contributed by atoms with E-state index in [1.807, 2.05) is 0 Å². The van der Waals surface area contributed by atoms with E-state index < -0.39 is 10.0 Å². The maximum Gasteiger partial charge on any atom is 0.233 e. The maximum absolute atomic E-state index is 11.5. The van der Waals surface area contributed by atoms with Crippen molar-refractivity contribution in [2.24, 2.45) is 5.73 Å². The van der Waals surface area contributed by atoms with Crippen LogP contribution in [0, 0.1) is 0 Å². The first-order chi connectivity index (χ1) is 8.57. The van der Waals surface area contributed by atoms with Crippen molar-refractivity contribution in [3.63, 3.8) is 0 Å². The summed E-state index contributed by atoms with van der Waals surface area (Å²) in [6.45, 7) is 0.970. The Hall–Kier alpha value is -1.31. The summed E-state index contributed by atoms with van der Waals surface area (Å²) in [5, 5.41) is 0. The highest BCUT2D eigenvalue weighted by atomic mass is 32.2. The SMILES string of the molecule is COCCOc1cccc(NS(=O)(=O)CCN)c1. The molecule has 18 heavy (non-hydrogen) atoms. The molecule has 0 fully saturated rings. The number of nitrogens with one attached hydrogen (secondary N) is 1. The van der Waals surface area contributed by atoms with Crippen LogP contribution in [0.1, 0.15) is 0 Å². The van der Waals surface area contributed by atoms with Crippen LogP contribution < -0.4 is 15.2 Å². The second-order valence-electron chi connectivity index (χ2n) is 3.58. The van der Waals surface area contributed by atoms with Crippen LogP contribution in [0.4, 0.5) is 5.69 Å². The van der Waals surface area contributed by atoms with Crippen LogP contribution in [-0.4, -0.2) is 41.0 Å². The standard InChI is InChI=1S/C11H18N2O4S/c1-16-6-7-17-11-4-2-3-10(9-11)13-18(14,15)8-5-12/h2-4,9,13H,5-8,12H2,1H3. The van der Waals surface area contributed by atoms with Crippen LogP contribution in [0.25, 0.3) is 0 Å². The van der Waals surface area contributed by atoms with E-state index in [2.05, 4.69) is 4.72 Å². The molecule has 0 aliphatic rings. The number of rotatable bonds is 8. The number of ether oxygens (including phenoxy) is 2. The molecule has 0 aromatic heterocycles. The molecule has 102 valence electrons. The van der Waals surface area contributed by atoms with Crippen molar-refractivity contribution in [2.45, 2.75) is 0 Å². The lowest BCUT2D eigenvalue weighted by molar-refractivity contribution is 0.146. The van der Waals surface area contributed by atoms with Crippen molar-refractivity contribution in [2.75, 3.05) is 37.3 Å². The lowest BCUT2D eigenvalue weighted by Gasteiger charge is -2.09. The van der Waals surface area contributed by atoms with Gasteiger partial charge in [-0.3, -0.25) is 4.72 Å². The van der Waals surface area contributed by atoms with Gasteiger partial charge in [0.1, 0.15) is 12.4 Å². The van der Waals surface area contributed by atoms with Gasteiger partial charge in [-0.05, 0) is 12.1 Å². The van der Waals surface area contributed by atoms with Crippen LogP contribution in [0.3, 0.4) is 0 Å². The molecule has 0 saturated carbocycles. The number of hydrogen-bond acceptors (Lipinski definition) is 5. The third kappa shape index (κ3) is 5.35. The lowest BCUT2D eigenvalue weighted by Crippen LogP contribution is -2.22. The van der Waals surface area contributed by atoms with Gasteiger partial charge in [0.05, 0.1) is 18.0 Å². The number of hydrogen-bond donors (Lipinski definition) is 2. The molecular formula is C11H18N2O4S. The van der Waals surface area contributed by atoms with E-state index in [-0.39, 0.29) is 12.3 Å². The largest absolute Gasteiger partial charge is 0.491 e. The summed E-state index contributed by atoms with van der Waals surface area (Å²) < 4.78 is 35.7. The summed E-state index contributed by atoms with van der Waals surface area (Å²) in [5.74, 6) is 0.474. The predicted molar refractivity (Wildman–Crippen MR) is 70.3 cm³/mol. The topological polar surface area (TPSA) is 90.6 Å². The molecule has 0 saturated heterocycles. The Morgan fingerprint density at radius 3 is 2.78 bits per heavy atom. The molecule has 1 rings (SSSR count). The molecule has 1 aromatic carbocycles. The van der Waals surface area contributed by atoms with E-state index in [1.54, 1.807) is 31.4 Å². The molecule has 0 unspecified atom stereocenters. The van der Waals surface area contributed by atoms with Gasteiger partial charge >= 0.3 is 0 Å². The van der Waals surface area contributed by atoms with Gasteiger partial charge in [-0.25, -0.2) is 8.42 Å². The second-order valence-corrected chi connectivity index (χ2v) is 5.42. The summed E-state index contributed by atoms with van der Waals surface area (Å²) >= 11 is 0. The van der Waals surface area contributed by atoms with Gasteiger partial charge in [0.15, 0.2) is 0 Å². The van der Waals surface area contributed by atoms with E-state index in [0.717, 1.165) is 0 Å². The predicted octanol–water partition coefficient (Wildman–Crippen LogP) is 0.412. The fraction of sp³-hybridized carbons (Fsp3) is 0.455. The van der Waals surface area contributed by atoms with Crippen molar-refractivity contribution in [1.82, 2.24) is 0 Å². The third-order valence-electron chi connectivity index (χ3n) is 2.05. The summed E-state index contributed by atoms with van der Waals surface area (Å²) in [5.41, 5.74) is 5.68. The molecule has 3 N–H and O–H groups in total. The van der Waals surface area contributed by atoms with E-state index >= 15 is 0 Å². The van der Waals surface area contributed by atoms with Crippen LogP contribution in [0.15, 0.2) is 24.3 Å². The quantitative estimate of drug-likeness (QED) is 0.670. The normalized spacial score (nSPS) is 11.2. The van der Waals surface area contributed by atoms with Crippen molar-refractivity contribution in [3.8, 4) is 5.75 Å². The third-order valence-corrected chi connectivity index (χ3v) is 3.37. The summed E-state index contributed by atoms with van der Waals surface area (Å²) in [4.78, 5) is 0. The zero-order valence-electron chi connectivity index (χ0n) is 10.3. The number of methoxy groups -OCH3 is 1. The zero-order valence-corrected chi connectivity index (χ0v) is 11.1. The second kappa shape index (κ2) is 7.20. The van der Waals surface area contributed by atoms with Crippen LogP contribution >= 0.6 is 0 Å². The molecule has 0 heterocycles. The summed E-state index contributed by atoms with van der Waals surface area (Å²) in [6.07, 6.45) is 0. The maximum atomic E-state index is 11.5. The van der Waals surface area contributed by atoms with E-state index in [9.17, 15) is 8.42 Å². The number of nitrogens with two attached hydrogens (primary N) is 1. The Morgan fingerprint density at radius 1 is 1.33 bits per heavy atom. The van der Waals surface area contributed by atoms with Crippen molar-refractivity contribution >= 4 is 15.7 Å². The van der Waals surface area contributed by atoms with Gasteiger partial charge in [-0.15, -0.1) is 0 Å².